The van der Waals surface area contributed by atoms with Crippen molar-refractivity contribution < 1.29 is 9.53 Å². The first kappa shape index (κ1) is 15.4. The van der Waals surface area contributed by atoms with Crippen molar-refractivity contribution in [2.45, 2.75) is 25.7 Å². The van der Waals surface area contributed by atoms with E-state index in [2.05, 4.69) is 20.3 Å². The number of H-pyrrole nitrogens is 1. The Morgan fingerprint density at radius 2 is 2.23 bits per heavy atom. The van der Waals surface area contributed by atoms with Gasteiger partial charge in [-0.05, 0) is 25.3 Å². The zero-order chi connectivity index (χ0) is 15.2. The zero-order valence-corrected chi connectivity index (χ0v) is 13.0. The number of nitrogens with zero attached hydrogens (tertiary/aromatic N) is 4. The van der Waals surface area contributed by atoms with Crippen LogP contribution in [-0.2, 0) is 16.0 Å². The summed E-state index contributed by atoms with van der Waals surface area (Å²) in [7, 11) is 0. The van der Waals surface area contributed by atoms with Crippen LogP contribution in [0.25, 0.3) is 0 Å². The van der Waals surface area contributed by atoms with Crippen molar-refractivity contribution in [1.29, 1.82) is 0 Å². The Morgan fingerprint density at radius 1 is 1.36 bits per heavy atom. The fraction of sp³-hybridized carbons (Fsp3) is 0.800. The number of ether oxygens (including phenoxy) is 1. The molecule has 2 fully saturated rings. The van der Waals surface area contributed by atoms with Gasteiger partial charge in [0.05, 0.1) is 11.9 Å². The number of aromatic nitrogens is 3. The van der Waals surface area contributed by atoms with Gasteiger partial charge in [-0.15, -0.1) is 0 Å². The Balaban J connectivity index is 1.33. The minimum absolute atomic E-state index is 0.229. The third kappa shape index (κ3) is 4.27. The van der Waals surface area contributed by atoms with Gasteiger partial charge in [0.25, 0.3) is 0 Å². The van der Waals surface area contributed by atoms with Crippen LogP contribution in [0.4, 0.5) is 0 Å². The molecule has 1 unspecified atom stereocenters. The molecule has 7 nitrogen and oxygen atoms in total. The van der Waals surface area contributed by atoms with Crippen LogP contribution in [0.5, 0.6) is 0 Å². The van der Waals surface area contributed by atoms with Gasteiger partial charge >= 0.3 is 0 Å². The van der Waals surface area contributed by atoms with E-state index in [0.29, 0.717) is 12.8 Å². The quantitative estimate of drug-likeness (QED) is 0.818. The van der Waals surface area contributed by atoms with E-state index >= 15 is 0 Å². The molecule has 2 saturated heterocycles. The smallest absolute Gasteiger partial charge is 0.223 e. The maximum Gasteiger partial charge on any atom is 0.223 e. The van der Waals surface area contributed by atoms with E-state index in [1.165, 1.54) is 12.8 Å². The monoisotopic (exact) mass is 307 g/mol. The lowest BCUT2D eigenvalue weighted by Crippen LogP contribution is -2.49. The first-order chi connectivity index (χ1) is 10.8. The van der Waals surface area contributed by atoms with E-state index < -0.39 is 0 Å². The molecule has 3 heterocycles. The zero-order valence-electron chi connectivity index (χ0n) is 13.0. The number of hydrogen-bond acceptors (Lipinski definition) is 5. The second-order valence-corrected chi connectivity index (χ2v) is 6.20. The molecule has 0 bridgehead atoms. The molecule has 1 aromatic heterocycles. The second kappa shape index (κ2) is 7.69. The van der Waals surface area contributed by atoms with Crippen LogP contribution in [0.15, 0.2) is 6.20 Å². The number of hydrogen-bond donors (Lipinski definition) is 1. The summed E-state index contributed by atoms with van der Waals surface area (Å²) in [6, 6.07) is 0. The standard InChI is InChI=1S/C15H25N5O2/c21-15(2-1-14-11-16-18-17-14)20-8-6-19(7-9-20)5-3-13-4-10-22-12-13/h11,13H,1-10,12H2,(H,16,17,18). The van der Waals surface area contributed by atoms with Gasteiger partial charge in [0.15, 0.2) is 0 Å². The molecule has 2 aliphatic rings. The van der Waals surface area contributed by atoms with Crippen LogP contribution in [0, 0.1) is 5.92 Å². The number of aryl methyl sites for hydroxylation is 1. The second-order valence-electron chi connectivity index (χ2n) is 6.20. The Bertz CT molecular complexity index is 451. The molecule has 0 radical (unpaired) electrons. The van der Waals surface area contributed by atoms with Gasteiger partial charge in [-0.25, -0.2) is 0 Å². The van der Waals surface area contributed by atoms with E-state index in [9.17, 15) is 4.79 Å². The normalized spacial score (nSPS) is 23.1. The fourth-order valence-electron chi connectivity index (χ4n) is 3.14. The maximum atomic E-state index is 12.2. The number of carbonyl (C=O) groups is 1. The number of nitrogens with one attached hydrogen (secondary N) is 1. The van der Waals surface area contributed by atoms with Crippen LogP contribution < -0.4 is 0 Å². The van der Waals surface area contributed by atoms with E-state index in [1.54, 1.807) is 6.20 Å². The average Bonchev–Trinajstić information content (AvgIpc) is 3.24. The van der Waals surface area contributed by atoms with Gasteiger partial charge in [-0.1, -0.05) is 0 Å². The molecule has 1 amide bonds. The number of piperazine rings is 1. The first-order valence-corrected chi connectivity index (χ1v) is 8.24. The van der Waals surface area contributed by atoms with Crippen molar-refractivity contribution in [1.82, 2.24) is 25.2 Å². The molecule has 2 aliphatic heterocycles. The number of rotatable bonds is 6. The van der Waals surface area contributed by atoms with Crippen LogP contribution >= 0.6 is 0 Å². The molecule has 7 heteroatoms. The van der Waals surface area contributed by atoms with E-state index in [-0.39, 0.29) is 5.91 Å². The van der Waals surface area contributed by atoms with E-state index in [4.69, 9.17) is 4.74 Å². The predicted molar refractivity (Wildman–Crippen MR) is 81.3 cm³/mol. The van der Waals surface area contributed by atoms with Gasteiger partial charge in [-0.2, -0.15) is 15.4 Å². The van der Waals surface area contributed by atoms with Crippen molar-refractivity contribution >= 4 is 5.91 Å². The summed E-state index contributed by atoms with van der Waals surface area (Å²) in [5.74, 6) is 0.967. The van der Waals surface area contributed by atoms with Crippen molar-refractivity contribution in [3.05, 3.63) is 11.9 Å². The Kier molecular flexibility index (Phi) is 5.39. The fourth-order valence-corrected chi connectivity index (χ4v) is 3.14. The minimum atomic E-state index is 0.229. The summed E-state index contributed by atoms with van der Waals surface area (Å²) in [4.78, 5) is 16.7. The summed E-state index contributed by atoms with van der Waals surface area (Å²) in [5, 5.41) is 10.3. The molecule has 1 atom stereocenters. The third-order valence-corrected chi connectivity index (χ3v) is 4.66. The van der Waals surface area contributed by atoms with Crippen molar-refractivity contribution in [3.63, 3.8) is 0 Å². The first-order valence-electron chi connectivity index (χ1n) is 8.24. The number of amides is 1. The van der Waals surface area contributed by atoms with Crippen molar-refractivity contribution in [2.24, 2.45) is 5.92 Å². The summed E-state index contributed by atoms with van der Waals surface area (Å²) < 4.78 is 5.42. The minimum Gasteiger partial charge on any atom is -0.381 e. The van der Waals surface area contributed by atoms with Crippen molar-refractivity contribution in [3.8, 4) is 0 Å². The van der Waals surface area contributed by atoms with Crippen LogP contribution in [0.1, 0.15) is 25.0 Å². The van der Waals surface area contributed by atoms with Gasteiger partial charge in [-0.3, -0.25) is 9.69 Å². The SMILES string of the molecule is O=C(CCc1cn[nH]n1)N1CCN(CCC2CCOC2)CC1. The highest BCUT2D eigenvalue weighted by molar-refractivity contribution is 5.76. The lowest BCUT2D eigenvalue weighted by atomic mass is 10.0. The van der Waals surface area contributed by atoms with Gasteiger partial charge in [0.1, 0.15) is 0 Å². The highest BCUT2D eigenvalue weighted by atomic mass is 16.5. The van der Waals surface area contributed by atoms with Crippen LogP contribution in [0.3, 0.4) is 0 Å². The summed E-state index contributed by atoms with van der Waals surface area (Å²) in [5.41, 5.74) is 0.853. The van der Waals surface area contributed by atoms with Gasteiger partial charge in [0, 0.05) is 52.2 Å². The molecule has 0 spiro atoms. The highest BCUT2D eigenvalue weighted by Crippen LogP contribution is 2.17. The maximum absolute atomic E-state index is 12.2. The summed E-state index contributed by atoms with van der Waals surface area (Å²) in [6.07, 6.45) is 5.29. The lowest BCUT2D eigenvalue weighted by Gasteiger charge is -2.35. The molecule has 0 aromatic carbocycles. The molecular formula is C15H25N5O2. The summed E-state index contributed by atoms with van der Waals surface area (Å²) in [6.45, 7) is 6.66. The number of carbonyl (C=O) groups excluding carboxylic acids is 1. The van der Waals surface area contributed by atoms with Crippen LogP contribution in [0.2, 0.25) is 0 Å². The Morgan fingerprint density at radius 3 is 2.91 bits per heavy atom. The lowest BCUT2D eigenvalue weighted by molar-refractivity contribution is -0.132. The van der Waals surface area contributed by atoms with Gasteiger partial charge in [0.2, 0.25) is 5.91 Å². The Labute approximate surface area is 131 Å². The van der Waals surface area contributed by atoms with Gasteiger partial charge < -0.3 is 9.64 Å². The molecular weight excluding hydrogens is 282 g/mol. The molecule has 122 valence electrons. The Hall–Kier alpha value is -1.47. The molecule has 0 saturated carbocycles. The van der Waals surface area contributed by atoms with E-state index in [0.717, 1.165) is 57.5 Å². The topological polar surface area (TPSA) is 74.4 Å². The van der Waals surface area contributed by atoms with E-state index in [1.807, 2.05) is 4.90 Å². The predicted octanol–water partition coefficient (Wildman–Crippen LogP) is 0.308. The molecule has 1 aromatic rings. The highest BCUT2D eigenvalue weighted by Gasteiger charge is 2.22. The largest absolute Gasteiger partial charge is 0.381 e. The van der Waals surface area contributed by atoms with Crippen LogP contribution in [-0.4, -0.2) is 77.1 Å². The molecule has 0 aliphatic carbocycles. The summed E-state index contributed by atoms with van der Waals surface area (Å²) >= 11 is 0. The molecule has 22 heavy (non-hydrogen) atoms. The van der Waals surface area contributed by atoms with Crippen molar-refractivity contribution in [2.75, 3.05) is 45.9 Å². The third-order valence-electron chi connectivity index (χ3n) is 4.66. The number of aromatic amines is 1. The molecule has 3 rings (SSSR count). The molecule has 1 N–H and O–H groups in total. The average molecular weight is 307 g/mol.